The van der Waals surface area contributed by atoms with Crippen molar-refractivity contribution in [2.24, 2.45) is 0 Å². The third kappa shape index (κ3) is 3.86. The number of ether oxygens (including phenoxy) is 1. The summed E-state index contributed by atoms with van der Waals surface area (Å²) < 4.78 is 7.29. The fourth-order valence-electron chi connectivity index (χ4n) is 3.31. The van der Waals surface area contributed by atoms with Crippen molar-refractivity contribution in [3.05, 3.63) is 88.3 Å². The highest BCUT2D eigenvalue weighted by Gasteiger charge is 2.20. The van der Waals surface area contributed by atoms with Crippen molar-refractivity contribution in [1.29, 1.82) is 5.26 Å². The van der Waals surface area contributed by atoms with Gasteiger partial charge >= 0.3 is 0 Å². The van der Waals surface area contributed by atoms with Crippen molar-refractivity contribution < 1.29 is 4.74 Å². The van der Waals surface area contributed by atoms with Gasteiger partial charge in [0, 0.05) is 12.0 Å². The van der Waals surface area contributed by atoms with E-state index in [1.807, 2.05) is 67.6 Å². The molecule has 0 radical (unpaired) electrons. The number of hydrogen-bond donors (Lipinski definition) is 0. The number of pyridine rings is 1. The molecule has 0 aliphatic carbocycles. The minimum absolute atomic E-state index is 0.451. The van der Waals surface area contributed by atoms with Gasteiger partial charge < -0.3 is 4.74 Å². The van der Waals surface area contributed by atoms with Crippen LogP contribution in [-0.4, -0.2) is 21.2 Å². The molecule has 5 nitrogen and oxygen atoms in total. The third-order valence-corrected chi connectivity index (χ3v) is 5.12. The smallest absolute Gasteiger partial charge is 0.175 e. The number of nitrogens with zero attached hydrogens (tertiary/aromatic N) is 4. The van der Waals surface area contributed by atoms with Gasteiger partial charge in [0.25, 0.3) is 0 Å². The first-order chi connectivity index (χ1) is 14.2. The molecule has 0 aliphatic heterocycles. The van der Waals surface area contributed by atoms with E-state index in [9.17, 15) is 5.26 Å². The minimum atomic E-state index is 0.451. The zero-order valence-electron chi connectivity index (χ0n) is 16.0. The molecule has 2 aromatic carbocycles. The number of hydrogen-bond acceptors (Lipinski definition) is 4. The highest BCUT2D eigenvalue weighted by Crippen LogP contribution is 2.34. The molecule has 0 amide bonds. The van der Waals surface area contributed by atoms with Gasteiger partial charge in [-0.2, -0.15) is 5.26 Å². The zero-order chi connectivity index (χ0) is 20.2. The predicted molar refractivity (Wildman–Crippen MR) is 113 cm³/mol. The van der Waals surface area contributed by atoms with E-state index in [4.69, 9.17) is 16.3 Å². The van der Waals surface area contributed by atoms with Gasteiger partial charge in [-0.05, 0) is 23.6 Å². The van der Waals surface area contributed by atoms with E-state index in [1.54, 1.807) is 4.52 Å². The molecule has 0 spiro atoms. The number of benzene rings is 2. The summed E-state index contributed by atoms with van der Waals surface area (Å²) in [5.41, 5.74) is 4.62. The second-order valence-electron chi connectivity index (χ2n) is 6.70. The van der Waals surface area contributed by atoms with Crippen LogP contribution in [0.2, 0.25) is 5.15 Å². The van der Waals surface area contributed by atoms with Gasteiger partial charge in [0.15, 0.2) is 11.5 Å². The maximum Gasteiger partial charge on any atom is 0.175 e. The Labute approximate surface area is 174 Å². The topological polar surface area (TPSA) is 63.2 Å². The lowest BCUT2D eigenvalue weighted by atomic mass is 9.99. The van der Waals surface area contributed by atoms with E-state index in [-0.39, 0.29) is 0 Å². The number of aromatic nitrogens is 3. The van der Waals surface area contributed by atoms with Crippen molar-refractivity contribution in [3.63, 3.8) is 0 Å². The Morgan fingerprint density at radius 1 is 1.07 bits per heavy atom. The molecule has 29 heavy (non-hydrogen) atoms. The first-order valence-electron chi connectivity index (χ1n) is 9.34. The van der Waals surface area contributed by atoms with Gasteiger partial charge in [-0.1, -0.05) is 72.3 Å². The van der Waals surface area contributed by atoms with E-state index >= 15 is 0 Å². The van der Waals surface area contributed by atoms with E-state index in [1.165, 1.54) is 0 Å². The molecule has 144 valence electrons. The molecule has 2 heterocycles. The minimum Gasteiger partial charge on any atom is -0.376 e. The Morgan fingerprint density at radius 2 is 1.76 bits per heavy atom. The van der Waals surface area contributed by atoms with Crippen LogP contribution in [0.5, 0.6) is 0 Å². The zero-order valence-corrected chi connectivity index (χ0v) is 16.7. The van der Waals surface area contributed by atoms with Crippen molar-refractivity contribution in [2.45, 2.75) is 20.0 Å². The summed E-state index contributed by atoms with van der Waals surface area (Å²) in [6.45, 7) is 2.91. The Morgan fingerprint density at radius 3 is 2.45 bits per heavy atom. The average Bonchev–Trinajstić information content (AvgIpc) is 3.17. The lowest BCUT2D eigenvalue weighted by molar-refractivity contribution is 0.122. The molecule has 4 aromatic rings. The van der Waals surface area contributed by atoms with E-state index in [0.29, 0.717) is 41.8 Å². The van der Waals surface area contributed by atoms with Gasteiger partial charge in [-0.15, -0.1) is 5.10 Å². The molecule has 6 heteroatoms. The van der Waals surface area contributed by atoms with Crippen LogP contribution in [0.4, 0.5) is 0 Å². The second-order valence-corrected chi connectivity index (χ2v) is 7.05. The lowest BCUT2D eigenvalue weighted by Crippen LogP contribution is -2.01. The van der Waals surface area contributed by atoms with E-state index < -0.39 is 0 Å². The van der Waals surface area contributed by atoms with Crippen LogP contribution in [0.25, 0.3) is 16.8 Å². The highest BCUT2D eigenvalue weighted by molar-refractivity contribution is 6.32. The van der Waals surface area contributed by atoms with Crippen LogP contribution in [0.15, 0.2) is 60.7 Å². The standard InChI is InChI=1S/C23H19ClN4O/c1-16-19(14-25)23-26-20(12-13-29-15-17-8-4-2-5-9-17)27-28(23)22(24)21(16)18-10-6-3-7-11-18/h2-11H,12-13,15H2,1H3. The number of halogens is 1. The van der Waals surface area contributed by atoms with E-state index in [2.05, 4.69) is 16.2 Å². The molecule has 0 N–H and O–H groups in total. The molecule has 0 aliphatic rings. The Balaban J connectivity index is 1.61. The largest absolute Gasteiger partial charge is 0.376 e. The monoisotopic (exact) mass is 402 g/mol. The number of nitriles is 1. The summed E-state index contributed by atoms with van der Waals surface area (Å²) in [6.07, 6.45) is 0.537. The molecular formula is C23H19ClN4O. The molecule has 0 fully saturated rings. The summed E-state index contributed by atoms with van der Waals surface area (Å²) in [7, 11) is 0. The number of rotatable bonds is 6. The Bertz CT molecular complexity index is 1180. The normalized spacial score (nSPS) is 10.9. The first-order valence-corrected chi connectivity index (χ1v) is 9.71. The molecular weight excluding hydrogens is 384 g/mol. The fraction of sp³-hybridized carbons (Fsp3) is 0.174. The molecule has 0 bridgehead atoms. The maximum absolute atomic E-state index is 9.73. The quantitative estimate of drug-likeness (QED) is 0.336. The predicted octanol–water partition coefficient (Wildman–Crippen LogP) is 4.99. The summed E-state index contributed by atoms with van der Waals surface area (Å²) in [6, 6.07) is 22.0. The van der Waals surface area contributed by atoms with Crippen molar-refractivity contribution in [1.82, 2.24) is 14.6 Å². The van der Waals surface area contributed by atoms with Gasteiger partial charge in [-0.25, -0.2) is 9.50 Å². The average molecular weight is 403 g/mol. The first kappa shape index (κ1) is 19.1. The number of fused-ring (bicyclic) bond motifs is 1. The van der Waals surface area contributed by atoms with Crippen molar-refractivity contribution in [2.75, 3.05) is 6.61 Å². The highest BCUT2D eigenvalue weighted by atomic mass is 35.5. The maximum atomic E-state index is 9.73. The summed E-state index contributed by atoms with van der Waals surface area (Å²) in [5.74, 6) is 0.598. The second kappa shape index (κ2) is 8.44. The van der Waals surface area contributed by atoms with Crippen LogP contribution < -0.4 is 0 Å². The molecule has 0 atom stereocenters. The van der Waals surface area contributed by atoms with Crippen LogP contribution in [-0.2, 0) is 17.8 Å². The fourth-order valence-corrected chi connectivity index (χ4v) is 3.68. The van der Waals surface area contributed by atoms with E-state index in [0.717, 1.165) is 22.3 Å². The third-order valence-electron chi connectivity index (χ3n) is 4.77. The van der Waals surface area contributed by atoms with Crippen molar-refractivity contribution in [3.8, 4) is 17.2 Å². The van der Waals surface area contributed by atoms with Crippen LogP contribution in [0.3, 0.4) is 0 Å². The SMILES string of the molecule is Cc1c(-c2ccccc2)c(Cl)n2nc(CCOCc3ccccc3)nc2c1C#N. The summed E-state index contributed by atoms with van der Waals surface area (Å²) >= 11 is 6.68. The molecule has 4 rings (SSSR count). The Kier molecular flexibility index (Phi) is 5.57. The summed E-state index contributed by atoms with van der Waals surface area (Å²) in [4.78, 5) is 4.55. The molecule has 0 saturated heterocycles. The van der Waals surface area contributed by atoms with Crippen molar-refractivity contribution >= 4 is 17.2 Å². The lowest BCUT2D eigenvalue weighted by Gasteiger charge is -2.11. The van der Waals surface area contributed by atoms with Gasteiger partial charge in [-0.3, -0.25) is 0 Å². The summed E-state index contributed by atoms with van der Waals surface area (Å²) in [5, 5.41) is 14.7. The molecule has 2 aromatic heterocycles. The molecule has 0 unspecified atom stereocenters. The van der Waals surface area contributed by atoms with Crippen LogP contribution in [0.1, 0.15) is 22.5 Å². The van der Waals surface area contributed by atoms with Gasteiger partial charge in [0.05, 0.1) is 13.2 Å². The Hall–Kier alpha value is -3.20. The van der Waals surface area contributed by atoms with Crippen LogP contribution >= 0.6 is 11.6 Å². The van der Waals surface area contributed by atoms with Crippen LogP contribution in [0, 0.1) is 18.3 Å². The van der Waals surface area contributed by atoms with Gasteiger partial charge in [0.1, 0.15) is 16.8 Å². The molecule has 0 saturated carbocycles. The van der Waals surface area contributed by atoms with Gasteiger partial charge in [0.2, 0.25) is 0 Å².